The summed E-state index contributed by atoms with van der Waals surface area (Å²) in [5.74, 6) is 0.559. The summed E-state index contributed by atoms with van der Waals surface area (Å²) in [4.78, 5) is 26.9. The lowest BCUT2D eigenvalue weighted by atomic mass is 9.88. The van der Waals surface area contributed by atoms with Crippen molar-refractivity contribution in [1.29, 1.82) is 0 Å². The van der Waals surface area contributed by atoms with E-state index in [2.05, 4.69) is 21.5 Å². The van der Waals surface area contributed by atoms with Crippen LogP contribution in [0.5, 0.6) is 5.75 Å². The number of carbonyl (C=O) groups excluding carboxylic acids is 2. The van der Waals surface area contributed by atoms with Crippen LogP contribution in [0.2, 0.25) is 0 Å². The fraction of sp³-hybridized carbons (Fsp3) is 0.292. The minimum absolute atomic E-state index is 0.00144. The van der Waals surface area contributed by atoms with Crippen LogP contribution in [0.1, 0.15) is 28.8 Å². The minimum Gasteiger partial charge on any atom is -0.482 e. The maximum absolute atomic E-state index is 13.0. The van der Waals surface area contributed by atoms with E-state index in [9.17, 15) is 9.59 Å². The van der Waals surface area contributed by atoms with Crippen molar-refractivity contribution in [3.8, 4) is 11.4 Å². The van der Waals surface area contributed by atoms with Gasteiger partial charge in [0.05, 0.1) is 17.6 Å². The second-order valence-corrected chi connectivity index (χ2v) is 8.09. The number of nitrogens with one attached hydrogen (secondary N) is 1. The zero-order valence-electron chi connectivity index (χ0n) is 17.2. The first kappa shape index (κ1) is 19.5. The van der Waals surface area contributed by atoms with Crippen molar-refractivity contribution in [2.45, 2.75) is 19.4 Å². The largest absolute Gasteiger partial charge is 0.482 e. The van der Waals surface area contributed by atoms with Crippen molar-refractivity contribution in [3.63, 3.8) is 0 Å². The molecule has 5 rings (SSSR count). The Morgan fingerprint density at radius 3 is 2.74 bits per heavy atom. The van der Waals surface area contributed by atoms with Crippen molar-refractivity contribution >= 4 is 17.4 Å². The van der Waals surface area contributed by atoms with Crippen molar-refractivity contribution < 1.29 is 14.3 Å². The van der Waals surface area contributed by atoms with Gasteiger partial charge >= 0.3 is 0 Å². The monoisotopic (exact) mass is 416 g/mol. The SMILES string of the molecule is O=C1COc2ccc(C(=O)C3CCN(Cc4cnn(-c5ccccc5)c4)CC3)cc2N1. The first-order valence-electron chi connectivity index (χ1n) is 10.6. The summed E-state index contributed by atoms with van der Waals surface area (Å²) in [6.07, 6.45) is 5.63. The number of anilines is 1. The molecule has 0 saturated carbocycles. The highest BCUT2D eigenvalue weighted by atomic mass is 16.5. The zero-order chi connectivity index (χ0) is 21.2. The van der Waals surface area contributed by atoms with Gasteiger partial charge in [0.2, 0.25) is 0 Å². The van der Waals surface area contributed by atoms with Crippen LogP contribution in [0, 0.1) is 5.92 Å². The van der Waals surface area contributed by atoms with Gasteiger partial charge in [-0.25, -0.2) is 4.68 Å². The molecule has 1 amide bonds. The van der Waals surface area contributed by atoms with Gasteiger partial charge in [-0.3, -0.25) is 14.5 Å². The molecule has 0 spiro atoms. The molecule has 3 heterocycles. The van der Waals surface area contributed by atoms with Crippen molar-refractivity contribution in [3.05, 3.63) is 72.1 Å². The van der Waals surface area contributed by atoms with Crippen LogP contribution < -0.4 is 10.1 Å². The molecule has 0 unspecified atom stereocenters. The minimum atomic E-state index is -0.194. The van der Waals surface area contributed by atoms with E-state index in [1.165, 1.54) is 5.56 Å². The van der Waals surface area contributed by atoms with Crippen molar-refractivity contribution in [2.24, 2.45) is 5.92 Å². The zero-order valence-corrected chi connectivity index (χ0v) is 17.2. The third-order valence-corrected chi connectivity index (χ3v) is 5.92. The van der Waals surface area contributed by atoms with Gasteiger partial charge in [-0.1, -0.05) is 18.2 Å². The Morgan fingerprint density at radius 1 is 1.13 bits per heavy atom. The summed E-state index contributed by atoms with van der Waals surface area (Å²) in [6, 6.07) is 15.4. The average molecular weight is 416 g/mol. The number of piperidine rings is 1. The van der Waals surface area contributed by atoms with Gasteiger partial charge < -0.3 is 10.1 Å². The number of rotatable bonds is 5. The Labute approximate surface area is 180 Å². The Morgan fingerprint density at radius 2 is 1.94 bits per heavy atom. The fourth-order valence-corrected chi connectivity index (χ4v) is 4.25. The molecule has 1 N–H and O–H groups in total. The number of aromatic nitrogens is 2. The summed E-state index contributed by atoms with van der Waals surface area (Å²) < 4.78 is 7.27. The number of hydrogen-bond acceptors (Lipinski definition) is 5. The summed E-state index contributed by atoms with van der Waals surface area (Å²) in [5.41, 5.74) is 3.42. The smallest absolute Gasteiger partial charge is 0.262 e. The molecule has 7 nitrogen and oxygen atoms in total. The molecule has 2 aromatic carbocycles. The average Bonchev–Trinajstić information content (AvgIpc) is 3.28. The Bertz CT molecular complexity index is 1100. The van der Waals surface area contributed by atoms with Crippen molar-refractivity contribution in [1.82, 2.24) is 14.7 Å². The van der Waals surface area contributed by atoms with Crippen LogP contribution in [0.4, 0.5) is 5.69 Å². The third-order valence-electron chi connectivity index (χ3n) is 5.92. The van der Waals surface area contributed by atoms with Crippen LogP contribution in [0.3, 0.4) is 0 Å². The van der Waals surface area contributed by atoms with Gasteiger partial charge in [0.15, 0.2) is 12.4 Å². The van der Waals surface area contributed by atoms with E-state index in [1.54, 1.807) is 18.2 Å². The molecule has 7 heteroatoms. The number of likely N-dealkylation sites (tertiary alicyclic amines) is 1. The molecule has 2 aliphatic heterocycles. The molecule has 2 aliphatic rings. The molecule has 0 aliphatic carbocycles. The number of hydrogen-bond donors (Lipinski definition) is 1. The highest BCUT2D eigenvalue weighted by Crippen LogP contribution is 2.31. The van der Waals surface area contributed by atoms with Crippen LogP contribution in [0.15, 0.2) is 60.9 Å². The van der Waals surface area contributed by atoms with Gasteiger partial charge in [-0.2, -0.15) is 5.10 Å². The van der Waals surface area contributed by atoms with Crippen LogP contribution in [-0.2, 0) is 11.3 Å². The van der Waals surface area contributed by atoms with Gasteiger partial charge in [-0.05, 0) is 56.3 Å². The third kappa shape index (κ3) is 4.22. The highest BCUT2D eigenvalue weighted by molar-refractivity contribution is 6.01. The van der Waals surface area contributed by atoms with E-state index in [0.717, 1.165) is 38.2 Å². The fourth-order valence-electron chi connectivity index (χ4n) is 4.25. The Balaban J connectivity index is 1.18. The molecule has 158 valence electrons. The van der Waals surface area contributed by atoms with Crippen LogP contribution in [0.25, 0.3) is 5.69 Å². The molecule has 0 radical (unpaired) electrons. The summed E-state index contributed by atoms with van der Waals surface area (Å²) in [5, 5.41) is 7.24. The van der Waals surface area contributed by atoms with E-state index in [0.29, 0.717) is 17.0 Å². The summed E-state index contributed by atoms with van der Waals surface area (Å²) in [6.45, 7) is 2.59. The normalized spacial score (nSPS) is 17.0. The molecule has 1 aromatic heterocycles. The number of ketones is 1. The van der Waals surface area contributed by atoms with Crippen LogP contribution >= 0.6 is 0 Å². The van der Waals surface area contributed by atoms with Crippen LogP contribution in [-0.4, -0.2) is 46.1 Å². The maximum Gasteiger partial charge on any atom is 0.262 e. The van der Waals surface area contributed by atoms with Gasteiger partial charge in [0.1, 0.15) is 5.75 Å². The van der Waals surface area contributed by atoms with Crippen molar-refractivity contribution in [2.75, 3.05) is 25.0 Å². The quantitative estimate of drug-likeness (QED) is 0.646. The molecule has 31 heavy (non-hydrogen) atoms. The first-order valence-corrected chi connectivity index (χ1v) is 10.6. The first-order chi connectivity index (χ1) is 15.2. The van der Waals surface area contributed by atoms with E-state index in [-0.39, 0.29) is 24.2 Å². The number of nitrogens with zero attached hydrogens (tertiary/aromatic N) is 3. The predicted molar refractivity (Wildman–Crippen MR) is 116 cm³/mol. The number of benzene rings is 2. The Hall–Kier alpha value is -3.45. The summed E-state index contributed by atoms with van der Waals surface area (Å²) >= 11 is 0. The lowest BCUT2D eigenvalue weighted by Crippen LogP contribution is -2.36. The second-order valence-electron chi connectivity index (χ2n) is 8.09. The molecular formula is C24H24N4O3. The van der Waals surface area contributed by atoms with E-state index in [1.807, 2.05) is 41.2 Å². The number of carbonyl (C=O) groups is 2. The topological polar surface area (TPSA) is 76.5 Å². The number of fused-ring (bicyclic) bond motifs is 1. The lowest BCUT2D eigenvalue weighted by molar-refractivity contribution is -0.118. The predicted octanol–water partition coefficient (Wildman–Crippen LogP) is 3.30. The second kappa shape index (κ2) is 8.35. The number of ether oxygens (including phenoxy) is 1. The van der Waals surface area contributed by atoms with E-state index < -0.39 is 0 Å². The molecule has 1 fully saturated rings. The molecule has 3 aromatic rings. The van der Waals surface area contributed by atoms with E-state index >= 15 is 0 Å². The lowest BCUT2D eigenvalue weighted by Gasteiger charge is -2.31. The van der Waals surface area contributed by atoms with Gasteiger partial charge in [-0.15, -0.1) is 0 Å². The summed E-state index contributed by atoms with van der Waals surface area (Å²) in [7, 11) is 0. The number of para-hydroxylation sites is 1. The molecule has 0 bridgehead atoms. The standard InChI is InChI=1S/C24H24N4O3/c29-23-16-31-22-7-6-19(12-21(22)26-23)24(30)18-8-10-27(11-9-18)14-17-13-25-28(15-17)20-4-2-1-3-5-20/h1-7,12-13,15,18H,8-11,14,16H2,(H,26,29). The maximum atomic E-state index is 13.0. The molecule has 0 atom stereocenters. The number of Topliss-reactive ketones (excluding diaryl/α,β-unsaturated/α-hetero) is 1. The molecular weight excluding hydrogens is 392 g/mol. The van der Waals surface area contributed by atoms with Gasteiger partial charge in [0, 0.05) is 29.8 Å². The number of amides is 1. The highest BCUT2D eigenvalue weighted by Gasteiger charge is 2.27. The van der Waals surface area contributed by atoms with Gasteiger partial charge in [0.25, 0.3) is 5.91 Å². The van der Waals surface area contributed by atoms with E-state index in [4.69, 9.17) is 4.74 Å². The molecule has 1 saturated heterocycles. The Kier molecular flexibility index (Phi) is 5.26.